The Bertz CT molecular complexity index is 1250. The standard InChI is InChI=1S/C27H34N6O8/c1-4-40-26(38)31(3)21-17-20(28-23(30-21)18-9-7-6-8-10-18)24(36)29-19(11-12-22(34)35)25(37)32-13-15-33(16-14-32)27(39)41-5-2/h6-10,17,19H,4-5,11-16H2,1-3H3,(H,29,36)(H,34,35)/t19-/m0/s1. The SMILES string of the molecule is CCOC(=O)N1CCN(C(=O)[C@H](CCC(=O)O)NC(=O)c2cc(N(C)C(=O)OCC)nc(-c3ccccc3)n2)CC1. The molecule has 1 aromatic heterocycles. The van der Waals surface area contributed by atoms with Gasteiger partial charge in [0, 0.05) is 51.3 Å². The number of amides is 4. The average Bonchev–Trinajstić information content (AvgIpc) is 2.98. The lowest BCUT2D eigenvalue weighted by atomic mass is 10.1. The highest BCUT2D eigenvalue weighted by atomic mass is 16.6. The van der Waals surface area contributed by atoms with E-state index in [0.717, 1.165) is 4.90 Å². The van der Waals surface area contributed by atoms with Crippen LogP contribution in [0.1, 0.15) is 37.2 Å². The van der Waals surface area contributed by atoms with E-state index < -0.39 is 36.0 Å². The number of carboxylic acid groups (broad SMARTS) is 1. The number of nitrogens with zero attached hydrogens (tertiary/aromatic N) is 5. The first kappa shape index (κ1) is 30.8. The Morgan fingerprint density at radius 1 is 0.976 bits per heavy atom. The average molecular weight is 571 g/mol. The number of carboxylic acids is 1. The minimum Gasteiger partial charge on any atom is -0.481 e. The molecule has 2 N–H and O–H groups in total. The molecule has 1 aliphatic rings. The summed E-state index contributed by atoms with van der Waals surface area (Å²) in [5, 5.41) is 11.9. The molecule has 0 saturated carbocycles. The predicted molar refractivity (Wildman–Crippen MR) is 146 cm³/mol. The number of ether oxygens (including phenoxy) is 2. The number of carbonyl (C=O) groups excluding carboxylic acids is 4. The lowest BCUT2D eigenvalue weighted by molar-refractivity contribution is -0.138. The molecule has 1 fully saturated rings. The molecule has 3 rings (SSSR count). The van der Waals surface area contributed by atoms with Crippen LogP contribution in [0.5, 0.6) is 0 Å². The molecule has 2 heterocycles. The molecule has 1 aliphatic heterocycles. The molecule has 41 heavy (non-hydrogen) atoms. The molecule has 1 atom stereocenters. The number of anilines is 1. The second kappa shape index (κ2) is 14.6. The number of rotatable bonds is 10. The highest BCUT2D eigenvalue weighted by Gasteiger charge is 2.31. The van der Waals surface area contributed by atoms with Crippen LogP contribution in [0.3, 0.4) is 0 Å². The molecule has 0 spiro atoms. The molecular formula is C27H34N6O8. The first-order chi connectivity index (χ1) is 19.6. The fourth-order valence-corrected chi connectivity index (χ4v) is 4.05. The van der Waals surface area contributed by atoms with Crippen LogP contribution in [0.15, 0.2) is 36.4 Å². The lowest BCUT2D eigenvalue weighted by Gasteiger charge is -2.35. The summed E-state index contributed by atoms with van der Waals surface area (Å²) in [6, 6.07) is 8.92. The Hall–Kier alpha value is -4.75. The van der Waals surface area contributed by atoms with E-state index in [1.165, 1.54) is 22.9 Å². The third-order valence-corrected chi connectivity index (χ3v) is 6.23. The third-order valence-electron chi connectivity index (χ3n) is 6.23. The molecule has 1 aromatic carbocycles. The normalized spacial score (nSPS) is 13.6. The molecule has 4 amide bonds. The second-order valence-electron chi connectivity index (χ2n) is 9.03. The van der Waals surface area contributed by atoms with Gasteiger partial charge >= 0.3 is 18.2 Å². The molecule has 0 bridgehead atoms. The van der Waals surface area contributed by atoms with Gasteiger partial charge in [0.15, 0.2) is 5.82 Å². The molecule has 0 aliphatic carbocycles. The zero-order chi connectivity index (χ0) is 29.9. The van der Waals surface area contributed by atoms with Gasteiger partial charge in [0.1, 0.15) is 17.6 Å². The van der Waals surface area contributed by atoms with Gasteiger partial charge in [-0.25, -0.2) is 19.6 Å². The van der Waals surface area contributed by atoms with Crippen molar-refractivity contribution in [3.63, 3.8) is 0 Å². The number of hydrogen-bond acceptors (Lipinski definition) is 9. The summed E-state index contributed by atoms with van der Waals surface area (Å²) in [4.78, 5) is 75.3. The Morgan fingerprint density at radius 3 is 2.22 bits per heavy atom. The van der Waals surface area contributed by atoms with Gasteiger partial charge < -0.3 is 29.7 Å². The molecule has 14 heteroatoms. The lowest BCUT2D eigenvalue weighted by Crippen LogP contribution is -2.56. The minimum atomic E-state index is -1.17. The van der Waals surface area contributed by atoms with Crippen LogP contribution < -0.4 is 10.2 Å². The summed E-state index contributed by atoms with van der Waals surface area (Å²) in [5.41, 5.74) is 0.448. The highest BCUT2D eigenvalue weighted by molar-refractivity contribution is 5.98. The topological polar surface area (TPSA) is 172 Å². The van der Waals surface area contributed by atoms with E-state index >= 15 is 0 Å². The van der Waals surface area contributed by atoms with Crippen molar-refractivity contribution in [2.45, 2.75) is 32.7 Å². The van der Waals surface area contributed by atoms with Crippen molar-refractivity contribution >= 4 is 35.8 Å². The first-order valence-corrected chi connectivity index (χ1v) is 13.2. The van der Waals surface area contributed by atoms with E-state index in [2.05, 4.69) is 15.3 Å². The summed E-state index contributed by atoms with van der Waals surface area (Å²) in [6.45, 7) is 4.58. The molecule has 14 nitrogen and oxygen atoms in total. The quantitative estimate of drug-likeness (QED) is 0.430. The number of carbonyl (C=O) groups is 5. The number of nitrogens with one attached hydrogen (secondary N) is 1. The Labute approximate surface area is 237 Å². The maximum atomic E-state index is 13.4. The summed E-state index contributed by atoms with van der Waals surface area (Å²) < 4.78 is 10.0. The number of hydrogen-bond donors (Lipinski definition) is 2. The summed E-state index contributed by atoms with van der Waals surface area (Å²) in [6.07, 6.45) is -1.69. The van der Waals surface area contributed by atoms with Gasteiger partial charge in [0.05, 0.1) is 13.2 Å². The van der Waals surface area contributed by atoms with Gasteiger partial charge in [-0.2, -0.15) is 0 Å². The Kier molecular flexibility index (Phi) is 11.0. The fourth-order valence-electron chi connectivity index (χ4n) is 4.05. The first-order valence-electron chi connectivity index (χ1n) is 13.2. The summed E-state index contributed by atoms with van der Waals surface area (Å²) in [7, 11) is 1.44. The van der Waals surface area contributed by atoms with E-state index in [-0.39, 0.29) is 69.6 Å². The molecular weight excluding hydrogens is 536 g/mol. The maximum Gasteiger partial charge on any atom is 0.415 e. The van der Waals surface area contributed by atoms with Gasteiger partial charge in [-0.3, -0.25) is 19.3 Å². The van der Waals surface area contributed by atoms with Gasteiger partial charge in [0.25, 0.3) is 5.91 Å². The second-order valence-corrected chi connectivity index (χ2v) is 9.03. The van der Waals surface area contributed by atoms with Gasteiger partial charge in [0.2, 0.25) is 5.91 Å². The van der Waals surface area contributed by atoms with Gasteiger partial charge in [-0.15, -0.1) is 0 Å². The Balaban J connectivity index is 1.85. The number of piperazine rings is 1. The number of benzene rings is 1. The van der Waals surface area contributed by atoms with Crippen molar-refractivity contribution in [3.05, 3.63) is 42.1 Å². The van der Waals surface area contributed by atoms with Gasteiger partial charge in [-0.1, -0.05) is 30.3 Å². The largest absolute Gasteiger partial charge is 0.481 e. The summed E-state index contributed by atoms with van der Waals surface area (Å²) >= 11 is 0. The van der Waals surface area contributed by atoms with Crippen LogP contribution in [0.25, 0.3) is 11.4 Å². The van der Waals surface area contributed by atoms with Gasteiger partial charge in [-0.05, 0) is 20.3 Å². The van der Waals surface area contributed by atoms with E-state index in [4.69, 9.17) is 9.47 Å². The van der Waals surface area contributed by atoms with E-state index in [1.807, 2.05) is 0 Å². The molecule has 220 valence electrons. The smallest absolute Gasteiger partial charge is 0.415 e. The zero-order valence-electron chi connectivity index (χ0n) is 23.2. The Morgan fingerprint density at radius 2 is 1.61 bits per heavy atom. The number of aliphatic carboxylic acids is 1. The number of aromatic nitrogens is 2. The fraction of sp³-hybridized carbons (Fsp3) is 0.444. The predicted octanol–water partition coefficient (Wildman–Crippen LogP) is 2.00. The van der Waals surface area contributed by atoms with Crippen LogP contribution in [0, 0.1) is 0 Å². The molecule has 2 aromatic rings. The third kappa shape index (κ3) is 8.37. The summed E-state index contributed by atoms with van der Waals surface area (Å²) in [5.74, 6) is -2.11. The van der Waals surface area contributed by atoms with Crippen molar-refractivity contribution in [1.29, 1.82) is 0 Å². The van der Waals surface area contributed by atoms with Crippen molar-refractivity contribution in [1.82, 2.24) is 25.1 Å². The molecule has 0 radical (unpaired) electrons. The van der Waals surface area contributed by atoms with Crippen LogP contribution >= 0.6 is 0 Å². The van der Waals surface area contributed by atoms with Crippen molar-refractivity contribution in [2.75, 3.05) is 51.3 Å². The molecule has 0 unspecified atom stereocenters. The zero-order valence-corrected chi connectivity index (χ0v) is 23.2. The van der Waals surface area contributed by atoms with Crippen molar-refractivity contribution in [3.8, 4) is 11.4 Å². The minimum absolute atomic E-state index is 0.0888. The van der Waals surface area contributed by atoms with Crippen molar-refractivity contribution < 1.29 is 38.6 Å². The van der Waals surface area contributed by atoms with Crippen LogP contribution in [0.4, 0.5) is 15.4 Å². The van der Waals surface area contributed by atoms with Crippen molar-refractivity contribution in [2.24, 2.45) is 0 Å². The van der Waals surface area contributed by atoms with Crippen LogP contribution in [0.2, 0.25) is 0 Å². The maximum absolute atomic E-state index is 13.4. The van der Waals surface area contributed by atoms with E-state index in [1.54, 1.807) is 44.2 Å². The van der Waals surface area contributed by atoms with E-state index in [0.29, 0.717) is 5.56 Å². The highest BCUT2D eigenvalue weighted by Crippen LogP contribution is 2.21. The monoisotopic (exact) mass is 570 g/mol. The van der Waals surface area contributed by atoms with E-state index in [9.17, 15) is 29.1 Å². The van der Waals surface area contributed by atoms with Crippen LogP contribution in [-0.4, -0.2) is 107 Å². The van der Waals surface area contributed by atoms with Crippen LogP contribution in [-0.2, 0) is 19.1 Å². The molecule has 1 saturated heterocycles.